The van der Waals surface area contributed by atoms with Gasteiger partial charge >= 0.3 is 5.97 Å². The van der Waals surface area contributed by atoms with Crippen LogP contribution in [-0.2, 0) is 17.8 Å². The van der Waals surface area contributed by atoms with Crippen LogP contribution in [0.3, 0.4) is 0 Å². The highest BCUT2D eigenvalue weighted by molar-refractivity contribution is 5.78. The zero-order valence-corrected chi connectivity index (χ0v) is 14.5. The molecule has 1 atom stereocenters. The van der Waals surface area contributed by atoms with E-state index in [1.165, 1.54) is 5.56 Å². The molecule has 4 nitrogen and oxygen atoms in total. The summed E-state index contributed by atoms with van der Waals surface area (Å²) in [5.74, 6) is 0.0641. The summed E-state index contributed by atoms with van der Waals surface area (Å²) in [5, 5.41) is 10.3. The lowest BCUT2D eigenvalue weighted by atomic mass is 9.80. The van der Waals surface area contributed by atoms with Crippen LogP contribution < -0.4 is 4.74 Å². The normalized spacial score (nSPS) is 16.2. The Morgan fingerprint density at radius 2 is 2.00 bits per heavy atom. The summed E-state index contributed by atoms with van der Waals surface area (Å²) in [6, 6.07) is 18.1. The molecule has 1 N–H and O–H groups in total. The van der Waals surface area contributed by atoms with Crippen molar-refractivity contribution in [3.63, 3.8) is 0 Å². The molecule has 0 bridgehead atoms. The van der Waals surface area contributed by atoms with E-state index in [0.717, 1.165) is 47.2 Å². The monoisotopic (exact) mass is 347 g/mol. The zero-order valence-electron chi connectivity index (χ0n) is 14.5. The number of benzene rings is 2. The standard InChI is InChI=1S/C22H21NO3/c24-21(25)13-17-8-3-6-16-7-4-10-20(22(16)17)26-14-18-12-11-15-5-1-2-9-19(15)23-18/h1-2,4-5,7,9-12,17H,3,6,8,13-14H2,(H,24,25). The van der Waals surface area contributed by atoms with Gasteiger partial charge in [-0.3, -0.25) is 4.79 Å². The molecular weight excluding hydrogens is 326 g/mol. The maximum atomic E-state index is 11.2. The largest absolute Gasteiger partial charge is 0.487 e. The van der Waals surface area contributed by atoms with Gasteiger partial charge in [0.1, 0.15) is 12.4 Å². The molecule has 0 fully saturated rings. The quantitative estimate of drug-likeness (QED) is 0.726. The average molecular weight is 347 g/mol. The molecule has 132 valence electrons. The van der Waals surface area contributed by atoms with Gasteiger partial charge in [0.05, 0.1) is 17.6 Å². The SMILES string of the molecule is O=C(O)CC1CCCc2cccc(OCc3ccc4ccccc4n3)c21. The molecule has 3 aromatic rings. The van der Waals surface area contributed by atoms with Crippen molar-refractivity contribution < 1.29 is 14.6 Å². The first-order chi connectivity index (χ1) is 12.7. The molecular formula is C22H21NO3. The molecule has 1 aromatic heterocycles. The fraction of sp³-hybridized carbons (Fsp3) is 0.273. The highest BCUT2D eigenvalue weighted by Gasteiger charge is 2.26. The van der Waals surface area contributed by atoms with Crippen LogP contribution in [0.5, 0.6) is 5.75 Å². The number of carboxylic acid groups (broad SMARTS) is 1. The molecule has 4 rings (SSSR count). The van der Waals surface area contributed by atoms with Crippen molar-refractivity contribution in [2.24, 2.45) is 0 Å². The molecule has 0 aliphatic heterocycles. The van der Waals surface area contributed by atoms with Gasteiger partial charge in [0.2, 0.25) is 0 Å². The van der Waals surface area contributed by atoms with Crippen LogP contribution in [0.2, 0.25) is 0 Å². The van der Waals surface area contributed by atoms with Crippen LogP contribution in [0.15, 0.2) is 54.6 Å². The van der Waals surface area contributed by atoms with Crippen LogP contribution in [0.25, 0.3) is 10.9 Å². The maximum absolute atomic E-state index is 11.2. The maximum Gasteiger partial charge on any atom is 0.303 e. The van der Waals surface area contributed by atoms with Crippen molar-refractivity contribution in [2.45, 2.75) is 38.2 Å². The van der Waals surface area contributed by atoms with E-state index >= 15 is 0 Å². The molecule has 1 aliphatic rings. The topological polar surface area (TPSA) is 59.4 Å². The number of aromatic nitrogens is 1. The minimum atomic E-state index is -0.756. The molecule has 0 saturated heterocycles. The van der Waals surface area contributed by atoms with Gasteiger partial charge in [-0.15, -0.1) is 0 Å². The summed E-state index contributed by atoms with van der Waals surface area (Å²) in [4.78, 5) is 15.9. The van der Waals surface area contributed by atoms with Crippen LogP contribution in [-0.4, -0.2) is 16.1 Å². The molecule has 4 heteroatoms. The Bertz CT molecular complexity index is 951. The van der Waals surface area contributed by atoms with Crippen LogP contribution >= 0.6 is 0 Å². The third-order valence-electron chi connectivity index (χ3n) is 5.02. The summed E-state index contributed by atoms with van der Waals surface area (Å²) in [6.45, 7) is 0.376. The minimum absolute atomic E-state index is 0.0250. The van der Waals surface area contributed by atoms with Gasteiger partial charge in [-0.1, -0.05) is 36.4 Å². The van der Waals surface area contributed by atoms with E-state index in [9.17, 15) is 9.90 Å². The number of rotatable bonds is 5. The zero-order chi connectivity index (χ0) is 17.9. The van der Waals surface area contributed by atoms with Crippen molar-refractivity contribution >= 4 is 16.9 Å². The third-order valence-corrected chi connectivity index (χ3v) is 5.02. The van der Waals surface area contributed by atoms with E-state index in [0.29, 0.717) is 6.61 Å². The first-order valence-electron chi connectivity index (χ1n) is 9.02. The van der Waals surface area contributed by atoms with E-state index in [-0.39, 0.29) is 12.3 Å². The Balaban J connectivity index is 1.59. The van der Waals surface area contributed by atoms with Gasteiger partial charge in [0.15, 0.2) is 0 Å². The number of carboxylic acids is 1. The molecule has 0 spiro atoms. The Morgan fingerprint density at radius 3 is 2.88 bits per heavy atom. The second-order valence-corrected chi connectivity index (χ2v) is 6.80. The van der Waals surface area contributed by atoms with Crippen LogP contribution in [0.4, 0.5) is 0 Å². The summed E-state index contributed by atoms with van der Waals surface area (Å²) < 4.78 is 6.10. The molecule has 26 heavy (non-hydrogen) atoms. The van der Waals surface area contributed by atoms with Gasteiger partial charge in [-0.25, -0.2) is 4.98 Å². The minimum Gasteiger partial charge on any atom is -0.487 e. The Labute approximate surface area is 152 Å². The fourth-order valence-electron chi connectivity index (χ4n) is 3.84. The predicted octanol–water partition coefficient (Wildman–Crippen LogP) is 4.71. The van der Waals surface area contributed by atoms with Gasteiger partial charge < -0.3 is 9.84 Å². The number of hydrogen-bond acceptors (Lipinski definition) is 3. The Kier molecular flexibility index (Phi) is 4.57. The summed E-state index contributed by atoms with van der Waals surface area (Å²) >= 11 is 0. The molecule has 0 radical (unpaired) electrons. The van der Waals surface area contributed by atoms with E-state index in [2.05, 4.69) is 17.1 Å². The number of ether oxygens (including phenoxy) is 1. The Morgan fingerprint density at radius 1 is 1.12 bits per heavy atom. The third kappa shape index (κ3) is 3.40. The van der Waals surface area contributed by atoms with E-state index in [4.69, 9.17) is 4.74 Å². The molecule has 0 amide bonds. The number of nitrogens with zero attached hydrogens (tertiary/aromatic N) is 1. The first-order valence-corrected chi connectivity index (χ1v) is 9.02. The second kappa shape index (κ2) is 7.16. The highest BCUT2D eigenvalue weighted by atomic mass is 16.5. The lowest BCUT2D eigenvalue weighted by molar-refractivity contribution is -0.137. The van der Waals surface area contributed by atoms with Crippen molar-refractivity contribution in [3.05, 3.63) is 71.4 Å². The lowest BCUT2D eigenvalue weighted by Gasteiger charge is -2.26. The second-order valence-electron chi connectivity index (χ2n) is 6.80. The van der Waals surface area contributed by atoms with Gasteiger partial charge in [-0.2, -0.15) is 0 Å². The first kappa shape index (κ1) is 16.6. The van der Waals surface area contributed by atoms with E-state index < -0.39 is 5.97 Å². The number of fused-ring (bicyclic) bond motifs is 2. The number of para-hydroxylation sites is 1. The molecule has 1 unspecified atom stereocenters. The van der Waals surface area contributed by atoms with Crippen molar-refractivity contribution in [3.8, 4) is 5.75 Å². The lowest BCUT2D eigenvalue weighted by Crippen LogP contribution is -2.15. The van der Waals surface area contributed by atoms with Gasteiger partial charge in [0, 0.05) is 10.9 Å². The fourth-order valence-corrected chi connectivity index (χ4v) is 3.84. The molecule has 1 heterocycles. The molecule has 0 saturated carbocycles. The van der Waals surface area contributed by atoms with Crippen molar-refractivity contribution in [2.75, 3.05) is 0 Å². The van der Waals surface area contributed by atoms with Crippen LogP contribution in [0.1, 0.15) is 42.0 Å². The summed E-state index contributed by atoms with van der Waals surface area (Å²) in [5.41, 5.74) is 4.10. The summed E-state index contributed by atoms with van der Waals surface area (Å²) in [7, 11) is 0. The molecule has 1 aliphatic carbocycles. The number of aryl methyl sites for hydroxylation is 1. The van der Waals surface area contributed by atoms with Gasteiger partial charge in [-0.05, 0) is 48.9 Å². The number of carbonyl (C=O) groups is 1. The number of pyridine rings is 1. The van der Waals surface area contributed by atoms with Crippen molar-refractivity contribution in [1.82, 2.24) is 4.98 Å². The highest BCUT2D eigenvalue weighted by Crippen LogP contribution is 2.40. The van der Waals surface area contributed by atoms with E-state index in [1.807, 2.05) is 42.5 Å². The van der Waals surface area contributed by atoms with Gasteiger partial charge in [0.25, 0.3) is 0 Å². The number of aliphatic carboxylic acids is 1. The van der Waals surface area contributed by atoms with Crippen molar-refractivity contribution in [1.29, 1.82) is 0 Å². The predicted molar refractivity (Wildman–Crippen MR) is 100 cm³/mol. The van der Waals surface area contributed by atoms with Crippen LogP contribution in [0, 0.1) is 0 Å². The average Bonchev–Trinajstić information content (AvgIpc) is 2.66. The molecule has 2 aromatic carbocycles. The smallest absolute Gasteiger partial charge is 0.303 e. The summed E-state index contributed by atoms with van der Waals surface area (Å²) in [6.07, 6.45) is 3.06. The number of hydrogen-bond donors (Lipinski definition) is 1. The Hall–Kier alpha value is -2.88. The van der Waals surface area contributed by atoms with E-state index in [1.54, 1.807) is 0 Å².